The lowest BCUT2D eigenvalue weighted by molar-refractivity contribution is -0.137. The molecule has 0 amide bonds. The molecule has 6 nitrogen and oxygen atoms in total. The van der Waals surface area contributed by atoms with Crippen LogP contribution >= 0.6 is 0 Å². The lowest BCUT2D eigenvalue weighted by atomic mass is 10.1. The first-order valence-electron chi connectivity index (χ1n) is 6.37. The lowest BCUT2D eigenvalue weighted by Gasteiger charge is -2.21. The molecule has 106 valence electrons. The van der Waals surface area contributed by atoms with Crippen LogP contribution in [0.15, 0.2) is 0 Å². The van der Waals surface area contributed by atoms with Gasteiger partial charge in [-0.05, 0) is 12.8 Å². The van der Waals surface area contributed by atoms with Crippen molar-refractivity contribution in [3.05, 3.63) is 0 Å². The van der Waals surface area contributed by atoms with E-state index in [2.05, 4.69) is 4.72 Å². The molecule has 1 aliphatic carbocycles. The summed E-state index contributed by atoms with van der Waals surface area (Å²) >= 11 is 0. The molecule has 0 spiro atoms. The molecule has 0 aromatic carbocycles. The zero-order valence-corrected chi connectivity index (χ0v) is 11.6. The summed E-state index contributed by atoms with van der Waals surface area (Å²) in [5, 5.41) is 8.54. The minimum atomic E-state index is -3.55. The molecule has 0 aromatic heterocycles. The van der Waals surface area contributed by atoms with E-state index in [1.165, 1.54) is 7.05 Å². The van der Waals surface area contributed by atoms with E-state index in [0.717, 1.165) is 42.8 Å². The van der Waals surface area contributed by atoms with Crippen LogP contribution in [0.2, 0.25) is 0 Å². The van der Waals surface area contributed by atoms with Crippen LogP contribution in [0.5, 0.6) is 0 Å². The van der Waals surface area contributed by atoms with Crippen molar-refractivity contribution in [3.63, 3.8) is 0 Å². The molecule has 1 rings (SSSR count). The summed E-state index contributed by atoms with van der Waals surface area (Å²) in [4.78, 5) is 10.4. The quantitative estimate of drug-likeness (QED) is 0.708. The highest BCUT2D eigenvalue weighted by Crippen LogP contribution is 2.18. The van der Waals surface area contributed by atoms with Gasteiger partial charge in [-0.15, -0.1) is 0 Å². The summed E-state index contributed by atoms with van der Waals surface area (Å²) in [5.41, 5.74) is 0. The van der Waals surface area contributed by atoms with Crippen molar-refractivity contribution in [2.75, 3.05) is 13.6 Å². The molecular formula is C11H22N2O4S. The van der Waals surface area contributed by atoms with Gasteiger partial charge in [0, 0.05) is 19.6 Å². The van der Waals surface area contributed by atoms with Crippen LogP contribution in [0, 0.1) is 0 Å². The summed E-state index contributed by atoms with van der Waals surface area (Å²) in [7, 11) is -2.15. The summed E-state index contributed by atoms with van der Waals surface area (Å²) in [6.45, 7) is -0.00259. The Balaban J connectivity index is 2.48. The van der Waals surface area contributed by atoms with Gasteiger partial charge < -0.3 is 5.11 Å². The van der Waals surface area contributed by atoms with E-state index < -0.39 is 16.2 Å². The Morgan fingerprint density at radius 1 is 1.28 bits per heavy atom. The van der Waals surface area contributed by atoms with Crippen LogP contribution in [0.25, 0.3) is 0 Å². The van der Waals surface area contributed by atoms with E-state index >= 15 is 0 Å². The second-order valence-corrected chi connectivity index (χ2v) is 6.59. The van der Waals surface area contributed by atoms with Gasteiger partial charge in [0.15, 0.2) is 0 Å². The number of rotatable bonds is 6. The fourth-order valence-electron chi connectivity index (χ4n) is 2.07. The lowest BCUT2D eigenvalue weighted by Crippen LogP contribution is -2.44. The smallest absolute Gasteiger partial charge is 0.304 e. The molecule has 0 heterocycles. The number of nitrogens with zero attached hydrogens (tertiary/aromatic N) is 1. The summed E-state index contributed by atoms with van der Waals surface area (Å²) in [6.07, 6.45) is 5.97. The normalized spacial score (nSPS) is 18.8. The molecule has 0 atom stereocenters. The zero-order chi connectivity index (χ0) is 13.6. The van der Waals surface area contributed by atoms with E-state index in [0.29, 0.717) is 0 Å². The predicted octanol–water partition coefficient (Wildman–Crippen LogP) is 0.950. The molecule has 18 heavy (non-hydrogen) atoms. The van der Waals surface area contributed by atoms with E-state index in [1.54, 1.807) is 0 Å². The minimum absolute atomic E-state index is 0.00259. The van der Waals surface area contributed by atoms with Gasteiger partial charge in [-0.3, -0.25) is 4.79 Å². The highest BCUT2D eigenvalue weighted by atomic mass is 32.2. The van der Waals surface area contributed by atoms with Crippen LogP contribution in [-0.4, -0.2) is 43.4 Å². The number of hydrogen-bond acceptors (Lipinski definition) is 3. The second kappa shape index (κ2) is 7.06. The average molecular weight is 278 g/mol. The van der Waals surface area contributed by atoms with Crippen molar-refractivity contribution in [1.82, 2.24) is 9.03 Å². The summed E-state index contributed by atoms with van der Waals surface area (Å²) in [5.74, 6) is -0.994. The topological polar surface area (TPSA) is 86.7 Å². The largest absolute Gasteiger partial charge is 0.481 e. The zero-order valence-electron chi connectivity index (χ0n) is 10.8. The number of carboxylic acid groups (broad SMARTS) is 1. The number of carboxylic acids is 1. The standard InChI is InChI=1S/C11H22N2O4S/c1-13(9-8-11(14)15)18(16,17)12-10-6-4-2-3-5-7-10/h10,12H,2-9H2,1H3,(H,14,15). The van der Waals surface area contributed by atoms with Gasteiger partial charge in [-0.25, -0.2) is 0 Å². The van der Waals surface area contributed by atoms with Crippen LogP contribution in [0.1, 0.15) is 44.9 Å². The molecule has 1 aliphatic rings. The summed E-state index contributed by atoms with van der Waals surface area (Å²) in [6, 6.07) is -0.00946. The predicted molar refractivity (Wildman–Crippen MR) is 68.4 cm³/mol. The highest BCUT2D eigenvalue weighted by molar-refractivity contribution is 7.87. The van der Waals surface area contributed by atoms with Crippen molar-refractivity contribution in [2.24, 2.45) is 0 Å². The maximum absolute atomic E-state index is 11.9. The first kappa shape index (κ1) is 15.4. The van der Waals surface area contributed by atoms with E-state index in [1.807, 2.05) is 0 Å². The Bertz CT molecular complexity index is 361. The maximum Gasteiger partial charge on any atom is 0.304 e. The molecule has 7 heteroatoms. The molecular weight excluding hydrogens is 256 g/mol. The number of carbonyl (C=O) groups is 1. The minimum Gasteiger partial charge on any atom is -0.481 e. The fourth-order valence-corrected chi connectivity index (χ4v) is 3.24. The SMILES string of the molecule is CN(CCC(=O)O)S(=O)(=O)NC1CCCCCC1. The Morgan fingerprint density at radius 2 is 1.83 bits per heavy atom. The third kappa shape index (κ3) is 5.32. The molecule has 0 aromatic rings. The molecule has 1 fully saturated rings. The third-order valence-electron chi connectivity index (χ3n) is 3.22. The van der Waals surface area contributed by atoms with Crippen LogP contribution in [-0.2, 0) is 15.0 Å². The third-order valence-corrected chi connectivity index (χ3v) is 4.86. The Hall–Kier alpha value is -0.660. The number of aliphatic carboxylic acids is 1. The number of hydrogen-bond donors (Lipinski definition) is 2. The Morgan fingerprint density at radius 3 is 2.33 bits per heavy atom. The van der Waals surface area contributed by atoms with Gasteiger partial charge in [-0.2, -0.15) is 17.4 Å². The van der Waals surface area contributed by atoms with Gasteiger partial charge >= 0.3 is 5.97 Å². The maximum atomic E-state index is 11.9. The van der Waals surface area contributed by atoms with Crippen LogP contribution in [0.3, 0.4) is 0 Å². The van der Waals surface area contributed by atoms with Gasteiger partial charge in [0.2, 0.25) is 0 Å². The van der Waals surface area contributed by atoms with Crippen molar-refractivity contribution in [3.8, 4) is 0 Å². The van der Waals surface area contributed by atoms with Crippen LogP contribution < -0.4 is 4.72 Å². The molecule has 0 aliphatic heterocycles. The Kier molecular flexibility index (Phi) is 6.04. The van der Waals surface area contributed by atoms with Gasteiger partial charge in [0.1, 0.15) is 0 Å². The summed E-state index contributed by atoms with van der Waals surface area (Å²) < 4.78 is 27.6. The Labute approximate surface area is 109 Å². The van der Waals surface area contributed by atoms with Gasteiger partial charge in [-0.1, -0.05) is 25.7 Å². The van der Waals surface area contributed by atoms with Gasteiger partial charge in [0.25, 0.3) is 10.2 Å². The van der Waals surface area contributed by atoms with Crippen LogP contribution in [0.4, 0.5) is 0 Å². The van der Waals surface area contributed by atoms with Crippen molar-refractivity contribution >= 4 is 16.2 Å². The average Bonchev–Trinajstić information content (AvgIpc) is 2.53. The monoisotopic (exact) mass is 278 g/mol. The molecule has 0 radical (unpaired) electrons. The van der Waals surface area contributed by atoms with Crippen molar-refractivity contribution in [1.29, 1.82) is 0 Å². The van der Waals surface area contributed by atoms with E-state index in [-0.39, 0.29) is 19.0 Å². The van der Waals surface area contributed by atoms with Crippen molar-refractivity contribution in [2.45, 2.75) is 51.0 Å². The first-order valence-corrected chi connectivity index (χ1v) is 7.81. The van der Waals surface area contributed by atoms with Gasteiger partial charge in [0.05, 0.1) is 6.42 Å². The molecule has 0 unspecified atom stereocenters. The molecule has 1 saturated carbocycles. The highest BCUT2D eigenvalue weighted by Gasteiger charge is 2.23. The van der Waals surface area contributed by atoms with E-state index in [9.17, 15) is 13.2 Å². The second-order valence-electron chi connectivity index (χ2n) is 4.78. The molecule has 2 N–H and O–H groups in total. The fraction of sp³-hybridized carbons (Fsp3) is 0.909. The first-order chi connectivity index (χ1) is 8.42. The molecule has 0 saturated heterocycles. The number of nitrogens with one attached hydrogen (secondary N) is 1. The molecule has 0 bridgehead atoms. The van der Waals surface area contributed by atoms with E-state index in [4.69, 9.17) is 5.11 Å². The van der Waals surface area contributed by atoms with Crippen molar-refractivity contribution < 1.29 is 18.3 Å².